The van der Waals surface area contributed by atoms with Crippen LogP contribution in [0.15, 0.2) is 48.5 Å². The molecule has 0 aromatic heterocycles. The van der Waals surface area contributed by atoms with Gasteiger partial charge in [0, 0.05) is 18.3 Å². The average Bonchev–Trinajstić information content (AvgIpc) is 3.34. The largest absolute Gasteiger partial charge is 0.351 e. The summed E-state index contributed by atoms with van der Waals surface area (Å²) in [6.07, 6.45) is 6.86. The zero-order chi connectivity index (χ0) is 25.9. The summed E-state index contributed by atoms with van der Waals surface area (Å²) in [6.45, 7) is 2.10. The van der Waals surface area contributed by atoms with E-state index in [1.807, 2.05) is 19.1 Å². The van der Waals surface area contributed by atoms with E-state index >= 15 is 0 Å². The van der Waals surface area contributed by atoms with Crippen LogP contribution in [0.3, 0.4) is 0 Å². The second kappa shape index (κ2) is 11.1. The third-order valence-electron chi connectivity index (χ3n) is 7.18. The number of nitrogens with one attached hydrogen (secondary N) is 1. The smallest absolute Gasteiger partial charge is 0.248 e. The van der Waals surface area contributed by atoms with Crippen molar-refractivity contribution in [2.24, 2.45) is 0 Å². The van der Waals surface area contributed by atoms with Crippen molar-refractivity contribution < 1.29 is 22.4 Å². The number of halogens is 1. The number of aryl methyl sites for hydroxylation is 1. The predicted octanol–water partition coefficient (Wildman–Crippen LogP) is 4.08. The molecule has 2 amide bonds. The van der Waals surface area contributed by atoms with Crippen molar-refractivity contribution in [1.29, 1.82) is 0 Å². The Morgan fingerprint density at radius 2 is 1.75 bits per heavy atom. The van der Waals surface area contributed by atoms with Crippen LogP contribution in [-0.2, 0) is 19.6 Å². The molecule has 194 valence electrons. The summed E-state index contributed by atoms with van der Waals surface area (Å²) in [7, 11) is -3.65. The van der Waals surface area contributed by atoms with Gasteiger partial charge >= 0.3 is 0 Å². The summed E-state index contributed by atoms with van der Waals surface area (Å²) < 4.78 is 40.5. The minimum atomic E-state index is -3.65. The third-order valence-corrected chi connectivity index (χ3v) is 8.47. The van der Waals surface area contributed by atoms with Gasteiger partial charge in [-0.25, -0.2) is 12.8 Å². The Morgan fingerprint density at radius 3 is 2.42 bits per heavy atom. The third kappa shape index (κ3) is 5.78. The number of nitrogens with zero attached hydrogens (tertiary/aromatic N) is 2. The number of amides is 2. The normalized spacial score (nSPS) is 20.1. The number of hydrogen-bond acceptors (Lipinski definition) is 4. The molecule has 1 aliphatic carbocycles. The van der Waals surface area contributed by atoms with Gasteiger partial charge in [-0.2, -0.15) is 4.31 Å². The number of anilines is 1. The van der Waals surface area contributed by atoms with Gasteiger partial charge in [0.2, 0.25) is 21.8 Å². The highest BCUT2D eigenvalue weighted by Crippen LogP contribution is 2.34. The molecule has 1 saturated heterocycles. The van der Waals surface area contributed by atoms with Gasteiger partial charge in [-0.3, -0.25) is 14.5 Å². The van der Waals surface area contributed by atoms with E-state index in [4.69, 9.17) is 0 Å². The Morgan fingerprint density at radius 1 is 1.03 bits per heavy atom. The van der Waals surface area contributed by atoms with Crippen LogP contribution < -0.4 is 10.2 Å². The van der Waals surface area contributed by atoms with Gasteiger partial charge in [-0.1, -0.05) is 49.6 Å². The fourth-order valence-corrected chi connectivity index (χ4v) is 6.51. The number of benzene rings is 2. The predicted molar refractivity (Wildman–Crippen MR) is 137 cm³/mol. The molecular formula is C27H34FN3O4S. The molecule has 2 fully saturated rings. The fourth-order valence-electron chi connectivity index (χ4n) is 5.39. The van der Waals surface area contributed by atoms with Crippen LogP contribution in [0.2, 0.25) is 0 Å². The lowest BCUT2D eigenvalue weighted by Crippen LogP contribution is -2.53. The number of sulfonamides is 1. The lowest BCUT2D eigenvalue weighted by Gasteiger charge is -2.36. The standard InChI is InChI=1S/C27H34FN3O4S/c1-19-10-6-7-15-23(19)25(26(32)29-21-12-4-3-5-13-21)31(22-14-8-11-20(28)18-22)27(33)24-16-9-17-30(24)36(2,34)35/h6-8,10-11,14-15,18,21,24-25H,3-5,9,12-13,16-17H2,1-2H3,(H,29,32)/t24-,25+/m1/s1. The van der Waals surface area contributed by atoms with E-state index < -0.39 is 33.8 Å². The molecule has 1 heterocycles. The molecule has 0 bridgehead atoms. The molecule has 0 radical (unpaired) electrons. The molecule has 0 unspecified atom stereocenters. The molecule has 2 aliphatic rings. The summed E-state index contributed by atoms with van der Waals surface area (Å²) in [5.41, 5.74) is 1.64. The molecule has 1 aliphatic heterocycles. The molecule has 9 heteroatoms. The summed E-state index contributed by atoms with van der Waals surface area (Å²) in [4.78, 5) is 29.4. The first-order valence-electron chi connectivity index (χ1n) is 12.6. The van der Waals surface area contributed by atoms with Crippen molar-refractivity contribution in [2.75, 3.05) is 17.7 Å². The molecule has 1 saturated carbocycles. The zero-order valence-electron chi connectivity index (χ0n) is 20.8. The van der Waals surface area contributed by atoms with E-state index in [1.54, 1.807) is 18.2 Å². The second-order valence-corrected chi connectivity index (χ2v) is 11.8. The maximum absolute atomic E-state index is 14.4. The van der Waals surface area contributed by atoms with Crippen LogP contribution in [0.25, 0.3) is 0 Å². The number of hydrogen-bond donors (Lipinski definition) is 1. The van der Waals surface area contributed by atoms with E-state index in [-0.39, 0.29) is 24.2 Å². The number of carbonyl (C=O) groups is 2. The summed E-state index contributed by atoms with van der Waals surface area (Å²) in [5, 5.41) is 3.14. The molecule has 1 N–H and O–H groups in total. The SMILES string of the molecule is Cc1ccccc1[C@@H](C(=O)NC1CCCCC1)N(C(=O)[C@H]1CCCN1S(C)(=O)=O)c1cccc(F)c1. The topological polar surface area (TPSA) is 86.8 Å². The quantitative estimate of drug-likeness (QED) is 0.602. The van der Waals surface area contributed by atoms with Crippen molar-refractivity contribution >= 4 is 27.5 Å². The van der Waals surface area contributed by atoms with Crippen molar-refractivity contribution in [2.45, 2.75) is 70.0 Å². The van der Waals surface area contributed by atoms with Gasteiger partial charge in [0.25, 0.3) is 0 Å². The van der Waals surface area contributed by atoms with Crippen LogP contribution in [0, 0.1) is 12.7 Å². The Labute approximate surface area is 212 Å². The molecular weight excluding hydrogens is 481 g/mol. The van der Waals surface area contributed by atoms with E-state index in [0.29, 0.717) is 18.4 Å². The van der Waals surface area contributed by atoms with Crippen LogP contribution in [0.5, 0.6) is 0 Å². The minimum Gasteiger partial charge on any atom is -0.351 e. The van der Waals surface area contributed by atoms with Crippen LogP contribution in [-0.4, -0.2) is 49.4 Å². The molecule has 2 aromatic rings. The van der Waals surface area contributed by atoms with Gasteiger partial charge in [0.15, 0.2) is 0 Å². The van der Waals surface area contributed by atoms with E-state index in [2.05, 4.69) is 5.32 Å². The molecule has 7 nitrogen and oxygen atoms in total. The summed E-state index contributed by atoms with van der Waals surface area (Å²) in [6, 6.07) is 10.8. The average molecular weight is 516 g/mol. The second-order valence-electron chi connectivity index (χ2n) is 9.82. The Balaban J connectivity index is 1.82. The van der Waals surface area contributed by atoms with E-state index in [1.165, 1.54) is 27.4 Å². The first-order chi connectivity index (χ1) is 17.2. The number of rotatable bonds is 7. The lowest BCUT2D eigenvalue weighted by molar-refractivity contribution is -0.128. The molecule has 0 spiro atoms. The molecule has 2 aromatic carbocycles. The fraction of sp³-hybridized carbons (Fsp3) is 0.481. The van der Waals surface area contributed by atoms with E-state index in [9.17, 15) is 22.4 Å². The summed E-state index contributed by atoms with van der Waals surface area (Å²) >= 11 is 0. The van der Waals surface area contributed by atoms with Gasteiger partial charge in [0.05, 0.1) is 6.26 Å². The van der Waals surface area contributed by atoms with Gasteiger partial charge in [-0.15, -0.1) is 0 Å². The van der Waals surface area contributed by atoms with Gasteiger partial charge < -0.3 is 5.32 Å². The van der Waals surface area contributed by atoms with Gasteiger partial charge in [0.1, 0.15) is 17.9 Å². The lowest BCUT2D eigenvalue weighted by atomic mass is 9.93. The molecule has 2 atom stereocenters. The first-order valence-corrected chi connectivity index (χ1v) is 14.4. The maximum atomic E-state index is 14.4. The molecule has 36 heavy (non-hydrogen) atoms. The highest BCUT2D eigenvalue weighted by molar-refractivity contribution is 7.88. The monoisotopic (exact) mass is 515 g/mol. The maximum Gasteiger partial charge on any atom is 0.248 e. The van der Waals surface area contributed by atoms with Crippen LogP contribution >= 0.6 is 0 Å². The van der Waals surface area contributed by atoms with Crippen LogP contribution in [0.1, 0.15) is 62.1 Å². The number of carbonyl (C=O) groups excluding carboxylic acids is 2. The minimum absolute atomic E-state index is 0.00114. The van der Waals surface area contributed by atoms with Crippen molar-refractivity contribution in [3.63, 3.8) is 0 Å². The summed E-state index contributed by atoms with van der Waals surface area (Å²) in [5.74, 6) is -1.43. The van der Waals surface area contributed by atoms with Crippen LogP contribution in [0.4, 0.5) is 10.1 Å². The highest BCUT2D eigenvalue weighted by atomic mass is 32.2. The molecule has 4 rings (SSSR count). The van der Waals surface area contributed by atoms with Crippen molar-refractivity contribution in [3.05, 3.63) is 65.5 Å². The van der Waals surface area contributed by atoms with E-state index in [0.717, 1.165) is 43.9 Å². The first kappa shape index (κ1) is 26.3. The van der Waals surface area contributed by atoms with Gasteiger partial charge in [-0.05, 0) is 61.9 Å². The Kier molecular flexibility index (Phi) is 8.10. The Bertz CT molecular complexity index is 1210. The zero-order valence-corrected chi connectivity index (χ0v) is 21.6. The van der Waals surface area contributed by atoms with Crippen molar-refractivity contribution in [3.8, 4) is 0 Å². The Hall–Kier alpha value is -2.78. The van der Waals surface area contributed by atoms with Crippen molar-refractivity contribution in [1.82, 2.24) is 9.62 Å². The highest BCUT2D eigenvalue weighted by Gasteiger charge is 2.43.